The molecule has 0 bridgehead atoms. The number of ketones is 1. The summed E-state index contributed by atoms with van der Waals surface area (Å²) in [5.41, 5.74) is 1.36. The van der Waals surface area contributed by atoms with E-state index in [1.165, 1.54) is 0 Å². The fourth-order valence-electron chi connectivity index (χ4n) is 7.05. The number of alkyl carbamates (subject to hydrolysis) is 1. The number of piperidine rings is 1. The van der Waals surface area contributed by atoms with E-state index in [4.69, 9.17) is 4.74 Å². The number of carbonyl (C=O) groups is 5. The van der Waals surface area contributed by atoms with Crippen molar-refractivity contribution < 1.29 is 33.4 Å². The molecule has 1 aliphatic heterocycles. The van der Waals surface area contributed by atoms with Crippen molar-refractivity contribution in [2.45, 2.75) is 90.4 Å². The monoisotopic (exact) mass is 581 g/mol. The van der Waals surface area contributed by atoms with Crippen molar-refractivity contribution in [1.82, 2.24) is 15.5 Å². The molecule has 228 valence electrons. The van der Waals surface area contributed by atoms with Crippen molar-refractivity contribution in [2.75, 3.05) is 13.7 Å². The number of hydrogen-bond acceptors (Lipinski definition) is 7. The molecule has 3 fully saturated rings. The fraction of sp³-hybridized carbons (Fsp3) is 0.656. The van der Waals surface area contributed by atoms with Gasteiger partial charge in [0.05, 0.1) is 13.2 Å². The number of amides is 3. The lowest BCUT2D eigenvalue weighted by Gasteiger charge is -2.35. The summed E-state index contributed by atoms with van der Waals surface area (Å²) >= 11 is 0. The molecule has 1 aromatic carbocycles. The minimum atomic E-state index is -1.00. The molecular formula is C32H43N3O7. The smallest absolute Gasteiger partial charge is 0.408 e. The molecule has 1 heterocycles. The number of nitrogens with zero attached hydrogens (tertiary/aromatic N) is 1. The predicted molar refractivity (Wildman–Crippen MR) is 153 cm³/mol. The first kappa shape index (κ1) is 30.0. The third-order valence-electron chi connectivity index (χ3n) is 9.54. The summed E-state index contributed by atoms with van der Waals surface area (Å²) in [5.74, 6) is -2.49. The SMILES string of the molecule is COC(=O)C(=O)C(CC1CC1)NC(=O)C1C2C(CN1C(=O)[C@@H](NC(=O)OC(C)(C)C)C1Cc3ccccc3C1)C2(C)C. The maximum atomic E-state index is 14.4. The Kier molecular flexibility index (Phi) is 7.87. The molecule has 4 unspecified atom stereocenters. The highest BCUT2D eigenvalue weighted by Crippen LogP contribution is 2.65. The van der Waals surface area contributed by atoms with Crippen LogP contribution in [0.5, 0.6) is 0 Å². The van der Waals surface area contributed by atoms with E-state index in [1.54, 1.807) is 25.7 Å². The molecule has 5 rings (SSSR count). The Hall–Kier alpha value is -3.43. The molecule has 4 aliphatic rings. The maximum absolute atomic E-state index is 14.4. The van der Waals surface area contributed by atoms with Crippen LogP contribution in [-0.2, 0) is 41.5 Å². The number of ether oxygens (including phenoxy) is 2. The summed E-state index contributed by atoms with van der Waals surface area (Å²) in [6.07, 6.45) is 2.78. The van der Waals surface area contributed by atoms with E-state index in [0.29, 0.717) is 25.8 Å². The van der Waals surface area contributed by atoms with Crippen LogP contribution in [0.4, 0.5) is 4.79 Å². The summed E-state index contributed by atoms with van der Waals surface area (Å²) in [7, 11) is 1.14. The Bertz CT molecular complexity index is 1260. The number of fused-ring (bicyclic) bond motifs is 2. The average molecular weight is 582 g/mol. The Balaban J connectivity index is 1.39. The molecule has 0 radical (unpaired) electrons. The molecule has 10 heteroatoms. The highest BCUT2D eigenvalue weighted by molar-refractivity contribution is 6.36. The quantitative estimate of drug-likeness (QED) is 0.339. The van der Waals surface area contributed by atoms with Gasteiger partial charge in [-0.2, -0.15) is 0 Å². The van der Waals surface area contributed by atoms with Crippen LogP contribution in [0.2, 0.25) is 0 Å². The van der Waals surface area contributed by atoms with Crippen molar-refractivity contribution in [2.24, 2.45) is 29.1 Å². The van der Waals surface area contributed by atoms with Crippen molar-refractivity contribution in [3.63, 3.8) is 0 Å². The fourth-order valence-corrected chi connectivity index (χ4v) is 7.05. The first-order chi connectivity index (χ1) is 19.7. The van der Waals surface area contributed by atoms with Gasteiger partial charge in [0.2, 0.25) is 11.8 Å². The van der Waals surface area contributed by atoms with Gasteiger partial charge in [-0.15, -0.1) is 0 Å². The number of carbonyl (C=O) groups excluding carboxylic acids is 5. The summed E-state index contributed by atoms with van der Waals surface area (Å²) in [5, 5.41) is 5.68. The Labute approximate surface area is 247 Å². The van der Waals surface area contributed by atoms with E-state index in [0.717, 1.165) is 31.1 Å². The van der Waals surface area contributed by atoms with Gasteiger partial charge in [0.25, 0.3) is 5.78 Å². The third kappa shape index (κ3) is 6.03. The maximum Gasteiger partial charge on any atom is 0.408 e. The average Bonchev–Trinajstić information content (AvgIpc) is 3.67. The minimum Gasteiger partial charge on any atom is -0.463 e. The van der Waals surface area contributed by atoms with E-state index < -0.39 is 47.5 Å². The number of hydrogen-bond donors (Lipinski definition) is 2. The first-order valence-electron chi connectivity index (χ1n) is 15.0. The molecular weight excluding hydrogens is 538 g/mol. The second kappa shape index (κ2) is 11.0. The topological polar surface area (TPSA) is 131 Å². The lowest BCUT2D eigenvalue weighted by molar-refractivity contribution is -0.153. The number of esters is 1. The van der Waals surface area contributed by atoms with Gasteiger partial charge in [0.1, 0.15) is 17.7 Å². The molecule has 3 amide bonds. The lowest BCUT2D eigenvalue weighted by atomic mass is 9.93. The molecule has 5 atom stereocenters. The zero-order valence-corrected chi connectivity index (χ0v) is 25.4. The van der Waals surface area contributed by atoms with E-state index in [9.17, 15) is 24.0 Å². The van der Waals surface area contributed by atoms with Crippen LogP contribution in [0.15, 0.2) is 24.3 Å². The lowest BCUT2D eigenvalue weighted by Crippen LogP contribution is -2.59. The highest BCUT2D eigenvalue weighted by atomic mass is 16.6. The molecule has 2 N–H and O–H groups in total. The summed E-state index contributed by atoms with van der Waals surface area (Å²) < 4.78 is 10.2. The number of nitrogens with one attached hydrogen (secondary N) is 2. The second-order valence-corrected chi connectivity index (χ2v) is 14.0. The van der Waals surface area contributed by atoms with Crippen LogP contribution >= 0.6 is 0 Å². The third-order valence-corrected chi connectivity index (χ3v) is 9.54. The summed E-state index contributed by atoms with van der Waals surface area (Å²) in [6.45, 7) is 9.82. The number of methoxy groups -OCH3 is 1. The standard InChI is InChI=1S/C32H43N3O7/c1-31(2,3)42-30(40)34-24(20-14-18-9-7-8-10-19(18)15-20)28(38)35-16-21-23(32(21,4)5)25(35)27(37)33-22(13-17-11-12-17)26(36)29(39)41-6/h7-10,17,20-25H,11-16H2,1-6H3,(H,33,37)(H,34,40)/t21?,22?,23?,24-,25?/m0/s1. The molecule has 0 spiro atoms. The van der Waals surface area contributed by atoms with Crippen LogP contribution in [0.1, 0.15) is 65.0 Å². The summed E-state index contributed by atoms with van der Waals surface area (Å²) in [4.78, 5) is 67.8. The number of likely N-dealkylation sites (tertiary alicyclic amines) is 1. The van der Waals surface area contributed by atoms with Crippen molar-refractivity contribution >= 4 is 29.7 Å². The Morgan fingerprint density at radius 2 is 1.64 bits per heavy atom. The van der Waals surface area contributed by atoms with Crippen molar-refractivity contribution in [1.29, 1.82) is 0 Å². The van der Waals surface area contributed by atoms with Crippen LogP contribution in [0.3, 0.4) is 0 Å². The Morgan fingerprint density at radius 1 is 1.02 bits per heavy atom. The van der Waals surface area contributed by atoms with Crippen molar-refractivity contribution in [3.05, 3.63) is 35.4 Å². The van der Waals surface area contributed by atoms with Crippen LogP contribution in [0, 0.1) is 29.1 Å². The Morgan fingerprint density at radius 3 is 2.19 bits per heavy atom. The van der Waals surface area contributed by atoms with Gasteiger partial charge in [-0.05, 0) is 80.2 Å². The number of Topliss-reactive ketones (excluding diaryl/α,β-unsaturated/α-hetero) is 1. The normalized spacial score (nSPS) is 25.5. The van der Waals surface area contributed by atoms with Gasteiger partial charge < -0.3 is 25.0 Å². The molecule has 1 saturated heterocycles. The first-order valence-corrected chi connectivity index (χ1v) is 15.0. The minimum absolute atomic E-state index is 0.0980. The highest BCUT2D eigenvalue weighted by Gasteiger charge is 2.70. The van der Waals surface area contributed by atoms with Gasteiger partial charge >= 0.3 is 12.1 Å². The van der Waals surface area contributed by atoms with Gasteiger partial charge in [0.15, 0.2) is 0 Å². The van der Waals surface area contributed by atoms with E-state index in [2.05, 4.69) is 29.2 Å². The van der Waals surface area contributed by atoms with E-state index >= 15 is 0 Å². The van der Waals surface area contributed by atoms with Gasteiger partial charge in [-0.25, -0.2) is 9.59 Å². The second-order valence-electron chi connectivity index (χ2n) is 14.0. The number of rotatable bonds is 9. The van der Waals surface area contributed by atoms with Gasteiger partial charge in [0, 0.05) is 6.54 Å². The molecule has 2 saturated carbocycles. The van der Waals surface area contributed by atoms with Crippen LogP contribution < -0.4 is 10.6 Å². The molecule has 0 aromatic heterocycles. The predicted octanol–water partition coefficient (Wildman–Crippen LogP) is 2.80. The van der Waals surface area contributed by atoms with Gasteiger partial charge in [-0.1, -0.05) is 51.0 Å². The van der Waals surface area contributed by atoms with Gasteiger partial charge in [-0.3, -0.25) is 14.4 Å². The zero-order chi connectivity index (χ0) is 30.6. The zero-order valence-electron chi connectivity index (χ0n) is 25.4. The number of benzene rings is 1. The van der Waals surface area contributed by atoms with E-state index in [1.807, 2.05) is 24.3 Å². The van der Waals surface area contributed by atoms with E-state index in [-0.39, 0.29) is 35.0 Å². The molecule has 1 aromatic rings. The molecule has 3 aliphatic carbocycles. The molecule has 42 heavy (non-hydrogen) atoms. The van der Waals surface area contributed by atoms with Crippen LogP contribution in [-0.4, -0.2) is 71.9 Å². The van der Waals surface area contributed by atoms with Crippen LogP contribution in [0.25, 0.3) is 0 Å². The summed E-state index contributed by atoms with van der Waals surface area (Å²) in [6, 6.07) is 5.26. The molecule has 10 nitrogen and oxygen atoms in total. The van der Waals surface area contributed by atoms with Crippen molar-refractivity contribution in [3.8, 4) is 0 Å². The largest absolute Gasteiger partial charge is 0.463 e.